The molecule has 2 aromatic carbocycles. The lowest BCUT2D eigenvalue weighted by Crippen LogP contribution is -2.16. The van der Waals surface area contributed by atoms with Gasteiger partial charge in [-0.2, -0.15) is 13.2 Å². The number of ether oxygens (including phenoxy) is 2. The van der Waals surface area contributed by atoms with Crippen LogP contribution in [0.25, 0.3) is 0 Å². The molecule has 0 bridgehead atoms. The normalized spacial score (nSPS) is 11.2. The van der Waals surface area contributed by atoms with Crippen molar-refractivity contribution < 1.29 is 32.0 Å². The Hall–Kier alpha value is -3.49. The van der Waals surface area contributed by atoms with E-state index in [2.05, 4.69) is 10.5 Å². The van der Waals surface area contributed by atoms with Crippen LogP contribution in [0.1, 0.15) is 27.4 Å². The molecular formula is C20H17F3N2O4. The van der Waals surface area contributed by atoms with E-state index in [0.29, 0.717) is 22.8 Å². The second-order valence-electron chi connectivity index (χ2n) is 6.03. The molecule has 1 amide bonds. The number of rotatable bonds is 6. The van der Waals surface area contributed by atoms with Gasteiger partial charge >= 0.3 is 6.18 Å². The zero-order valence-corrected chi connectivity index (χ0v) is 15.5. The fourth-order valence-electron chi connectivity index (χ4n) is 2.59. The number of aryl methyl sites for hydroxylation is 1. The Morgan fingerprint density at radius 1 is 1.17 bits per heavy atom. The highest BCUT2D eigenvalue weighted by molar-refractivity contribution is 6.04. The Morgan fingerprint density at radius 2 is 1.93 bits per heavy atom. The fraction of sp³-hybridized carbons (Fsp3) is 0.200. The summed E-state index contributed by atoms with van der Waals surface area (Å²) in [6.45, 7) is 1.39. The third-order valence-corrected chi connectivity index (χ3v) is 4.10. The third kappa shape index (κ3) is 4.68. The molecule has 0 saturated heterocycles. The molecule has 6 nitrogen and oxygen atoms in total. The van der Waals surface area contributed by atoms with Crippen molar-refractivity contribution in [1.82, 2.24) is 5.16 Å². The van der Waals surface area contributed by atoms with E-state index in [1.54, 1.807) is 31.2 Å². The molecule has 9 heteroatoms. The molecule has 0 unspecified atom stereocenters. The van der Waals surface area contributed by atoms with Crippen LogP contribution in [-0.2, 0) is 12.8 Å². The SMILES string of the molecule is COc1ccccc1NC(=O)c1noc(C)c1COc1cccc(C(F)(F)F)c1. The summed E-state index contributed by atoms with van der Waals surface area (Å²) in [4.78, 5) is 12.6. The molecule has 0 aliphatic carbocycles. The molecule has 152 valence electrons. The maximum absolute atomic E-state index is 12.8. The Kier molecular flexibility index (Phi) is 5.76. The van der Waals surface area contributed by atoms with Gasteiger partial charge in [0.1, 0.15) is 23.9 Å². The zero-order valence-electron chi connectivity index (χ0n) is 15.5. The Balaban J connectivity index is 1.77. The molecule has 0 aliphatic heterocycles. The van der Waals surface area contributed by atoms with Crippen molar-refractivity contribution in [3.63, 3.8) is 0 Å². The minimum absolute atomic E-state index is 0.0107. The maximum atomic E-state index is 12.8. The number of benzene rings is 2. The van der Waals surface area contributed by atoms with Crippen molar-refractivity contribution in [3.8, 4) is 11.5 Å². The van der Waals surface area contributed by atoms with E-state index in [1.165, 1.54) is 19.2 Å². The summed E-state index contributed by atoms with van der Waals surface area (Å²) in [7, 11) is 1.47. The zero-order chi connectivity index (χ0) is 21.0. The molecule has 1 heterocycles. The fourth-order valence-corrected chi connectivity index (χ4v) is 2.59. The molecule has 0 atom stereocenters. The molecule has 0 radical (unpaired) electrons. The number of hydrogen-bond acceptors (Lipinski definition) is 5. The summed E-state index contributed by atoms with van der Waals surface area (Å²) in [5.41, 5.74) is -0.0910. The number of aromatic nitrogens is 1. The molecule has 1 aromatic heterocycles. The smallest absolute Gasteiger partial charge is 0.416 e. The first-order valence-electron chi connectivity index (χ1n) is 8.49. The summed E-state index contributed by atoms with van der Waals surface area (Å²) in [5.74, 6) is 0.232. The molecule has 29 heavy (non-hydrogen) atoms. The standard InChI is InChI=1S/C20H17F3N2O4/c1-12-15(11-28-14-7-5-6-13(10-14)20(21,22)23)18(25-29-12)19(26)24-16-8-3-4-9-17(16)27-2/h3-10H,11H2,1-2H3,(H,24,26). The first-order valence-corrected chi connectivity index (χ1v) is 8.49. The lowest BCUT2D eigenvalue weighted by Gasteiger charge is -2.11. The highest BCUT2D eigenvalue weighted by atomic mass is 19.4. The Labute approximate surface area is 164 Å². The van der Waals surface area contributed by atoms with Gasteiger partial charge in [-0.05, 0) is 37.3 Å². The molecule has 0 spiro atoms. The average molecular weight is 406 g/mol. The monoisotopic (exact) mass is 406 g/mol. The number of carbonyl (C=O) groups excluding carboxylic acids is 1. The summed E-state index contributed by atoms with van der Waals surface area (Å²) in [6.07, 6.45) is -4.48. The van der Waals surface area contributed by atoms with Crippen LogP contribution >= 0.6 is 0 Å². The van der Waals surface area contributed by atoms with Gasteiger partial charge in [0.05, 0.1) is 23.9 Å². The molecule has 1 N–H and O–H groups in total. The molecule has 3 aromatic rings. The largest absolute Gasteiger partial charge is 0.495 e. The van der Waals surface area contributed by atoms with E-state index in [-0.39, 0.29) is 18.1 Å². The lowest BCUT2D eigenvalue weighted by atomic mass is 10.2. The van der Waals surface area contributed by atoms with E-state index in [0.717, 1.165) is 12.1 Å². The summed E-state index contributed by atoms with van der Waals surface area (Å²) < 4.78 is 54.2. The maximum Gasteiger partial charge on any atom is 0.416 e. The van der Waals surface area contributed by atoms with Crippen molar-refractivity contribution in [2.45, 2.75) is 19.7 Å². The van der Waals surface area contributed by atoms with Gasteiger partial charge in [0.2, 0.25) is 0 Å². The van der Waals surface area contributed by atoms with Crippen molar-refractivity contribution in [3.05, 3.63) is 71.1 Å². The van der Waals surface area contributed by atoms with Crippen LogP contribution in [0, 0.1) is 6.92 Å². The van der Waals surface area contributed by atoms with Crippen molar-refractivity contribution >= 4 is 11.6 Å². The van der Waals surface area contributed by atoms with E-state index in [9.17, 15) is 18.0 Å². The summed E-state index contributed by atoms with van der Waals surface area (Å²) in [6, 6.07) is 11.3. The molecule has 0 saturated carbocycles. The second-order valence-corrected chi connectivity index (χ2v) is 6.03. The molecule has 0 aliphatic rings. The number of alkyl halides is 3. The van der Waals surface area contributed by atoms with Gasteiger partial charge in [0, 0.05) is 0 Å². The first kappa shape index (κ1) is 20.2. The minimum atomic E-state index is -4.48. The van der Waals surface area contributed by atoms with E-state index >= 15 is 0 Å². The topological polar surface area (TPSA) is 73.6 Å². The third-order valence-electron chi connectivity index (χ3n) is 4.10. The number of carbonyl (C=O) groups is 1. The number of nitrogens with zero attached hydrogens (tertiary/aromatic N) is 1. The van der Waals surface area contributed by atoms with Crippen molar-refractivity contribution in [1.29, 1.82) is 0 Å². The quantitative estimate of drug-likeness (QED) is 0.634. The number of amides is 1. The predicted octanol–water partition coefficient (Wildman–Crippen LogP) is 4.84. The van der Waals surface area contributed by atoms with Gasteiger partial charge in [-0.15, -0.1) is 0 Å². The number of hydrogen-bond donors (Lipinski definition) is 1. The van der Waals surface area contributed by atoms with Crippen LogP contribution in [0.4, 0.5) is 18.9 Å². The number of anilines is 1. The minimum Gasteiger partial charge on any atom is -0.495 e. The Bertz CT molecular complexity index is 1010. The molecule has 0 fully saturated rings. The van der Waals surface area contributed by atoms with E-state index < -0.39 is 17.6 Å². The van der Waals surface area contributed by atoms with Gasteiger partial charge in [0.25, 0.3) is 5.91 Å². The second kappa shape index (κ2) is 8.26. The highest BCUT2D eigenvalue weighted by Gasteiger charge is 2.30. The molecular weight excluding hydrogens is 389 g/mol. The first-order chi connectivity index (χ1) is 13.8. The number of nitrogens with one attached hydrogen (secondary N) is 1. The Morgan fingerprint density at radius 3 is 2.66 bits per heavy atom. The van der Waals surface area contributed by atoms with Crippen LogP contribution in [0.5, 0.6) is 11.5 Å². The molecule has 3 rings (SSSR count). The van der Waals surface area contributed by atoms with Crippen LogP contribution in [0.3, 0.4) is 0 Å². The highest BCUT2D eigenvalue weighted by Crippen LogP contribution is 2.32. The average Bonchev–Trinajstić information content (AvgIpc) is 3.07. The van der Waals surface area contributed by atoms with E-state index in [4.69, 9.17) is 14.0 Å². The number of methoxy groups -OCH3 is 1. The van der Waals surface area contributed by atoms with Gasteiger partial charge in [0.15, 0.2) is 5.69 Å². The predicted molar refractivity (Wildman–Crippen MR) is 98.0 cm³/mol. The van der Waals surface area contributed by atoms with Crippen LogP contribution in [-0.4, -0.2) is 18.2 Å². The van der Waals surface area contributed by atoms with Crippen LogP contribution in [0.15, 0.2) is 53.1 Å². The van der Waals surface area contributed by atoms with Crippen LogP contribution in [0.2, 0.25) is 0 Å². The summed E-state index contributed by atoms with van der Waals surface area (Å²) in [5, 5.41) is 6.42. The van der Waals surface area contributed by atoms with Crippen molar-refractivity contribution in [2.75, 3.05) is 12.4 Å². The number of para-hydroxylation sites is 2. The van der Waals surface area contributed by atoms with Gasteiger partial charge in [-0.1, -0.05) is 23.4 Å². The summed E-state index contributed by atoms with van der Waals surface area (Å²) >= 11 is 0. The van der Waals surface area contributed by atoms with Gasteiger partial charge in [-0.25, -0.2) is 0 Å². The number of halogens is 3. The van der Waals surface area contributed by atoms with Crippen molar-refractivity contribution in [2.24, 2.45) is 0 Å². The lowest BCUT2D eigenvalue weighted by molar-refractivity contribution is -0.137. The van der Waals surface area contributed by atoms with Gasteiger partial charge < -0.3 is 19.3 Å². The van der Waals surface area contributed by atoms with E-state index in [1.807, 2.05) is 0 Å². The van der Waals surface area contributed by atoms with Gasteiger partial charge in [-0.3, -0.25) is 4.79 Å². The van der Waals surface area contributed by atoms with Crippen LogP contribution < -0.4 is 14.8 Å².